The van der Waals surface area contributed by atoms with Crippen LogP contribution in [0.25, 0.3) is 0 Å². The molecule has 2 aromatic rings. The van der Waals surface area contributed by atoms with Crippen LogP contribution in [-0.2, 0) is 12.1 Å². The van der Waals surface area contributed by atoms with Crippen molar-refractivity contribution in [3.8, 4) is 5.75 Å². The summed E-state index contributed by atoms with van der Waals surface area (Å²) < 4.78 is 7.43. The molecule has 0 saturated heterocycles. The van der Waals surface area contributed by atoms with Crippen molar-refractivity contribution in [1.29, 1.82) is 0 Å². The number of rotatable bonds is 4. The molecule has 0 bridgehead atoms. The third-order valence-electron chi connectivity index (χ3n) is 5.25. The number of benzene rings is 2. The zero-order valence-corrected chi connectivity index (χ0v) is 18.1. The molecule has 27 heavy (non-hydrogen) atoms. The van der Waals surface area contributed by atoms with Gasteiger partial charge in [0.25, 0.3) is 5.72 Å². The van der Waals surface area contributed by atoms with Gasteiger partial charge in [-0.05, 0) is 66.6 Å². The highest BCUT2D eigenvalue weighted by Crippen LogP contribution is 2.38. The van der Waals surface area contributed by atoms with E-state index >= 15 is 0 Å². The molecule has 0 aliphatic carbocycles. The first-order valence-electron chi connectivity index (χ1n) is 9.16. The van der Waals surface area contributed by atoms with Gasteiger partial charge in [0.1, 0.15) is 11.4 Å². The Morgan fingerprint density at radius 2 is 1.85 bits per heavy atom. The zero-order valence-electron chi connectivity index (χ0n) is 15.7. The summed E-state index contributed by atoms with van der Waals surface area (Å²) in [7, 11) is 1.66. The maximum absolute atomic E-state index is 11.7. The highest BCUT2D eigenvalue weighted by Gasteiger charge is 2.53. The van der Waals surface area contributed by atoms with E-state index in [1.165, 1.54) is 5.56 Å². The molecule has 2 aromatic carbocycles. The number of hydrogen-bond donors (Lipinski definition) is 1. The molecule has 0 saturated carbocycles. The summed E-state index contributed by atoms with van der Waals surface area (Å²) in [5, 5.41) is 12.8. The minimum Gasteiger partial charge on any atom is -1.00 e. The van der Waals surface area contributed by atoms with Crippen LogP contribution in [0.2, 0.25) is 0 Å². The van der Waals surface area contributed by atoms with Gasteiger partial charge in [-0.15, -0.1) is 0 Å². The first kappa shape index (κ1) is 20.2. The van der Waals surface area contributed by atoms with Crippen LogP contribution in [0.5, 0.6) is 5.75 Å². The van der Waals surface area contributed by atoms with Crippen molar-refractivity contribution in [3.05, 3.63) is 59.7 Å². The molecule has 4 rings (SSSR count). The van der Waals surface area contributed by atoms with Crippen LogP contribution < -0.4 is 26.6 Å². The number of ether oxygens (including phenoxy) is 1. The van der Waals surface area contributed by atoms with Gasteiger partial charge in [-0.25, -0.2) is 9.48 Å². The average Bonchev–Trinajstić information content (AvgIpc) is 3.02. The van der Waals surface area contributed by atoms with Gasteiger partial charge < -0.3 is 26.8 Å². The summed E-state index contributed by atoms with van der Waals surface area (Å²) in [6.07, 6.45) is 2.11. The van der Waals surface area contributed by atoms with Crippen molar-refractivity contribution in [1.82, 2.24) is 0 Å². The fourth-order valence-electron chi connectivity index (χ4n) is 3.72. The molecule has 0 radical (unpaired) electrons. The number of aryl methyl sites for hydroxylation is 1. The molecule has 0 amide bonds. The minimum absolute atomic E-state index is 0. The van der Waals surface area contributed by atoms with Crippen molar-refractivity contribution in [3.63, 3.8) is 0 Å². The van der Waals surface area contributed by atoms with E-state index in [0.717, 1.165) is 47.3 Å². The maximum Gasteiger partial charge on any atom is 0.316 e. The minimum atomic E-state index is -1.02. The van der Waals surface area contributed by atoms with E-state index in [-0.39, 0.29) is 17.0 Å². The van der Waals surface area contributed by atoms with Crippen molar-refractivity contribution in [2.45, 2.75) is 25.5 Å². The molecule has 1 atom stereocenters. The van der Waals surface area contributed by atoms with E-state index in [0.29, 0.717) is 6.54 Å². The van der Waals surface area contributed by atoms with Crippen LogP contribution in [0.1, 0.15) is 24.5 Å². The highest BCUT2D eigenvalue weighted by atomic mass is 79.9. The Morgan fingerprint density at radius 1 is 1.15 bits per heavy atom. The third-order valence-corrected chi connectivity index (χ3v) is 6.44. The predicted octanol–water partition coefficient (Wildman–Crippen LogP) is 0.432. The summed E-state index contributed by atoms with van der Waals surface area (Å²) in [4.78, 5) is 2.26. The predicted molar refractivity (Wildman–Crippen MR) is 107 cm³/mol. The fraction of sp³-hybridized carbons (Fsp3) is 0.381. The molecule has 0 spiro atoms. The molecule has 0 fully saturated rings. The number of hydrogen-bond acceptors (Lipinski definition) is 4. The van der Waals surface area contributed by atoms with E-state index in [4.69, 9.17) is 4.74 Å². The molecule has 144 valence electrons. The second kappa shape index (κ2) is 8.25. The van der Waals surface area contributed by atoms with Crippen molar-refractivity contribution >= 4 is 22.6 Å². The molecule has 2 aliphatic heterocycles. The van der Waals surface area contributed by atoms with Crippen LogP contribution in [-0.4, -0.2) is 40.8 Å². The number of halogens is 1. The van der Waals surface area contributed by atoms with Gasteiger partial charge in [0.05, 0.1) is 13.7 Å². The third kappa shape index (κ3) is 3.62. The molecule has 2 aliphatic rings. The second-order valence-electron chi connectivity index (χ2n) is 6.79. The number of nitrogens with zero attached hydrogens (tertiary/aromatic N) is 2. The second-order valence-corrected chi connectivity index (χ2v) is 7.85. The Labute approximate surface area is 175 Å². The lowest BCUT2D eigenvalue weighted by Crippen LogP contribution is -3.00. The van der Waals surface area contributed by atoms with E-state index in [2.05, 4.69) is 40.7 Å². The van der Waals surface area contributed by atoms with E-state index in [1.54, 1.807) is 7.11 Å². The van der Waals surface area contributed by atoms with Crippen molar-refractivity contribution in [2.75, 3.05) is 30.9 Å². The monoisotopic (exact) mass is 448 g/mol. The molecule has 1 unspecified atom stereocenters. The quantitative estimate of drug-likeness (QED) is 0.688. The van der Waals surface area contributed by atoms with E-state index in [1.807, 2.05) is 36.0 Å². The van der Waals surface area contributed by atoms with Crippen LogP contribution >= 0.6 is 11.8 Å². The van der Waals surface area contributed by atoms with Gasteiger partial charge in [-0.3, -0.25) is 0 Å². The lowest BCUT2D eigenvalue weighted by Gasteiger charge is -2.24. The van der Waals surface area contributed by atoms with E-state index < -0.39 is 5.72 Å². The number of anilines is 1. The standard InChI is InChI=1S/C21H25N2O2S.BrH/c1-3-16-5-9-18(10-6-16)22-15-21(24,23-13-4-14-26-20(22)23)17-7-11-19(25-2)12-8-17;/h5-12,24H,3-4,13-15H2,1-2H3;1H/q+1;/p-1. The zero-order chi connectivity index (χ0) is 18.1. The Hall–Kier alpha value is -1.50. The summed E-state index contributed by atoms with van der Waals surface area (Å²) in [5.74, 6) is 1.90. The van der Waals surface area contributed by atoms with Crippen LogP contribution in [0.4, 0.5) is 5.69 Å². The Morgan fingerprint density at radius 3 is 2.48 bits per heavy atom. The number of aliphatic hydroxyl groups is 1. The van der Waals surface area contributed by atoms with Gasteiger partial charge >= 0.3 is 5.17 Å². The molecular weight excluding hydrogens is 424 g/mol. The lowest BCUT2D eigenvalue weighted by molar-refractivity contribution is -0.656. The number of methoxy groups -OCH3 is 1. The summed E-state index contributed by atoms with van der Waals surface area (Å²) in [6, 6.07) is 16.5. The average molecular weight is 449 g/mol. The first-order chi connectivity index (χ1) is 12.7. The van der Waals surface area contributed by atoms with Gasteiger partial charge in [-0.1, -0.05) is 19.1 Å². The molecule has 4 nitrogen and oxygen atoms in total. The normalized spacial score (nSPS) is 21.7. The van der Waals surface area contributed by atoms with Crippen LogP contribution in [0.15, 0.2) is 48.5 Å². The summed E-state index contributed by atoms with van der Waals surface area (Å²) in [6.45, 7) is 3.57. The Balaban J connectivity index is 0.00000210. The lowest BCUT2D eigenvalue weighted by atomic mass is 10.0. The largest absolute Gasteiger partial charge is 1.00 e. The van der Waals surface area contributed by atoms with Gasteiger partial charge in [0.15, 0.2) is 6.54 Å². The molecule has 0 aromatic heterocycles. The van der Waals surface area contributed by atoms with Crippen molar-refractivity contribution < 1.29 is 31.4 Å². The van der Waals surface area contributed by atoms with Crippen LogP contribution in [0, 0.1) is 0 Å². The molecule has 1 N–H and O–H groups in total. The maximum atomic E-state index is 11.7. The first-order valence-corrected chi connectivity index (χ1v) is 10.1. The Kier molecular flexibility index (Phi) is 6.18. The number of amidine groups is 1. The van der Waals surface area contributed by atoms with Gasteiger partial charge in [-0.2, -0.15) is 0 Å². The topological polar surface area (TPSA) is 35.7 Å². The number of thioether (sulfide) groups is 1. The highest BCUT2D eigenvalue weighted by molar-refractivity contribution is 8.13. The van der Waals surface area contributed by atoms with Gasteiger partial charge in [0.2, 0.25) is 0 Å². The van der Waals surface area contributed by atoms with Crippen molar-refractivity contribution in [2.24, 2.45) is 0 Å². The van der Waals surface area contributed by atoms with Gasteiger partial charge in [0, 0.05) is 11.3 Å². The summed E-state index contributed by atoms with van der Waals surface area (Å²) >= 11 is 1.84. The van der Waals surface area contributed by atoms with Crippen LogP contribution in [0.3, 0.4) is 0 Å². The SMILES string of the molecule is CCc1ccc(N2CC(O)(c3ccc(OC)cc3)[N+]3=C2SCCC3)cc1.[Br-]. The van der Waals surface area contributed by atoms with E-state index in [9.17, 15) is 5.11 Å². The summed E-state index contributed by atoms with van der Waals surface area (Å²) in [5.41, 5.74) is 2.36. The molecular formula is C21H25BrN2O2S. The smallest absolute Gasteiger partial charge is 0.316 e. The molecule has 6 heteroatoms. The molecule has 2 heterocycles. The number of β-amino-alcohol motifs (C(OH)–C–C–N with tert-alkyl or cyclic N) is 1. The Bertz CT molecular complexity index is 823. The fourth-order valence-corrected chi connectivity index (χ4v) is 4.90.